The van der Waals surface area contributed by atoms with Crippen molar-refractivity contribution in [2.24, 2.45) is 0 Å². The van der Waals surface area contributed by atoms with Crippen molar-refractivity contribution in [2.45, 2.75) is 19.9 Å². The molecule has 5 heteroatoms. The second-order valence-corrected chi connectivity index (χ2v) is 2.44. The fourth-order valence-electron chi connectivity index (χ4n) is 0.897. The summed E-state index contributed by atoms with van der Waals surface area (Å²) in [5.74, 6) is 0. The second-order valence-electron chi connectivity index (χ2n) is 2.44. The zero-order chi connectivity index (χ0) is 8.97. The minimum atomic E-state index is 0.126. The first-order chi connectivity index (χ1) is 5.79. The lowest BCUT2D eigenvalue weighted by molar-refractivity contribution is 0.275. The smallest absolute Gasteiger partial charge is 0.185 e. The Kier molecular flexibility index (Phi) is 2.77. The molecule has 0 bridgehead atoms. The number of aliphatic hydroxyl groups excluding tert-OH is 1. The van der Waals surface area contributed by atoms with Gasteiger partial charge in [0, 0.05) is 13.2 Å². The van der Waals surface area contributed by atoms with Gasteiger partial charge in [-0.15, -0.1) is 5.10 Å². The molecule has 0 fully saturated rings. The summed E-state index contributed by atoms with van der Waals surface area (Å²) in [6.45, 7) is 2.52. The van der Waals surface area contributed by atoms with Gasteiger partial charge in [-0.1, -0.05) is 5.21 Å². The molecule has 0 radical (unpaired) electrons. The van der Waals surface area contributed by atoms with Crippen LogP contribution in [0, 0.1) is 18.3 Å². The van der Waals surface area contributed by atoms with E-state index in [0.29, 0.717) is 18.7 Å². The normalized spacial score (nSPS) is 9.75. The highest BCUT2D eigenvalue weighted by molar-refractivity contribution is 5.22. The number of aryl methyl sites for hydroxylation is 1. The molecule has 0 unspecified atom stereocenters. The van der Waals surface area contributed by atoms with E-state index in [4.69, 9.17) is 10.4 Å². The Morgan fingerprint density at radius 2 is 2.42 bits per heavy atom. The molecule has 0 saturated heterocycles. The summed E-state index contributed by atoms with van der Waals surface area (Å²) in [4.78, 5) is 0. The van der Waals surface area contributed by atoms with Crippen LogP contribution in [0.2, 0.25) is 0 Å². The molecular weight excluding hydrogens is 156 g/mol. The van der Waals surface area contributed by atoms with Crippen LogP contribution in [-0.4, -0.2) is 26.7 Å². The Hall–Kier alpha value is -1.41. The van der Waals surface area contributed by atoms with E-state index in [0.717, 1.165) is 5.69 Å². The number of aliphatic hydroxyl groups is 1. The monoisotopic (exact) mass is 166 g/mol. The highest BCUT2D eigenvalue weighted by atomic mass is 16.3. The van der Waals surface area contributed by atoms with Crippen molar-refractivity contribution >= 4 is 0 Å². The quantitative estimate of drug-likeness (QED) is 0.677. The lowest BCUT2D eigenvalue weighted by Gasteiger charge is -1.99. The van der Waals surface area contributed by atoms with Gasteiger partial charge in [-0.05, 0) is 13.3 Å². The van der Waals surface area contributed by atoms with Crippen LogP contribution in [0.1, 0.15) is 17.8 Å². The van der Waals surface area contributed by atoms with E-state index in [2.05, 4.69) is 10.3 Å². The van der Waals surface area contributed by atoms with Crippen LogP contribution in [0.4, 0.5) is 0 Å². The molecule has 0 aliphatic heterocycles. The first kappa shape index (κ1) is 8.68. The van der Waals surface area contributed by atoms with E-state index in [-0.39, 0.29) is 6.61 Å². The van der Waals surface area contributed by atoms with E-state index >= 15 is 0 Å². The number of rotatable bonds is 3. The van der Waals surface area contributed by atoms with Crippen molar-refractivity contribution in [3.8, 4) is 6.07 Å². The van der Waals surface area contributed by atoms with E-state index in [1.807, 2.05) is 6.07 Å². The van der Waals surface area contributed by atoms with Gasteiger partial charge >= 0.3 is 0 Å². The summed E-state index contributed by atoms with van der Waals surface area (Å²) in [5, 5.41) is 24.5. The largest absolute Gasteiger partial charge is 0.396 e. The minimum absolute atomic E-state index is 0.126. The molecule has 0 aliphatic rings. The van der Waals surface area contributed by atoms with Crippen molar-refractivity contribution < 1.29 is 5.11 Å². The molecule has 0 amide bonds. The predicted molar refractivity (Wildman–Crippen MR) is 41.2 cm³/mol. The van der Waals surface area contributed by atoms with Crippen LogP contribution in [-0.2, 0) is 6.54 Å². The summed E-state index contributed by atoms with van der Waals surface area (Å²) < 4.78 is 1.62. The van der Waals surface area contributed by atoms with Crippen LogP contribution in [0.25, 0.3) is 0 Å². The molecule has 1 heterocycles. The maximum atomic E-state index is 8.56. The average Bonchev–Trinajstić information content (AvgIpc) is 2.43. The highest BCUT2D eigenvalue weighted by Crippen LogP contribution is 2.01. The third kappa shape index (κ3) is 1.60. The Bertz CT molecular complexity index is 299. The minimum Gasteiger partial charge on any atom is -0.396 e. The maximum absolute atomic E-state index is 8.56. The number of nitrogens with zero attached hydrogens (tertiary/aromatic N) is 4. The molecule has 0 saturated carbocycles. The van der Waals surface area contributed by atoms with Gasteiger partial charge in [0.05, 0.1) is 5.69 Å². The average molecular weight is 166 g/mol. The van der Waals surface area contributed by atoms with E-state index in [9.17, 15) is 0 Å². The SMILES string of the molecule is Cc1c(C#N)nnn1CCCO. The van der Waals surface area contributed by atoms with Crippen LogP contribution >= 0.6 is 0 Å². The summed E-state index contributed by atoms with van der Waals surface area (Å²) in [6.07, 6.45) is 0.634. The molecule has 0 atom stereocenters. The van der Waals surface area contributed by atoms with Crippen LogP contribution in [0.15, 0.2) is 0 Å². The molecule has 64 valence electrons. The first-order valence-corrected chi connectivity index (χ1v) is 3.70. The first-order valence-electron chi connectivity index (χ1n) is 3.70. The van der Waals surface area contributed by atoms with Gasteiger partial charge in [0.1, 0.15) is 6.07 Å². The zero-order valence-electron chi connectivity index (χ0n) is 6.86. The molecule has 1 rings (SSSR count). The molecule has 0 spiro atoms. The third-order valence-corrected chi connectivity index (χ3v) is 1.62. The lowest BCUT2D eigenvalue weighted by atomic mass is 10.3. The summed E-state index contributed by atoms with van der Waals surface area (Å²) in [7, 11) is 0. The van der Waals surface area contributed by atoms with Crippen LogP contribution in [0.3, 0.4) is 0 Å². The standard InChI is InChI=1S/C7H10N4O/c1-6-7(5-8)9-10-11(6)3-2-4-12/h12H,2-4H2,1H3. The van der Waals surface area contributed by atoms with Gasteiger partial charge < -0.3 is 5.11 Å². The van der Waals surface area contributed by atoms with Crippen molar-refractivity contribution in [3.05, 3.63) is 11.4 Å². The molecule has 0 aromatic carbocycles. The molecule has 0 aliphatic carbocycles. The Labute approximate surface area is 70.2 Å². The Balaban J connectivity index is 2.75. The van der Waals surface area contributed by atoms with Crippen LogP contribution in [0.5, 0.6) is 0 Å². The van der Waals surface area contributed by atoms with Crippen molar-refractivity contribution in [3.63, 3.8) is 0 Å². The van der Waals surface area contributed by atoms with Crippen molar-refractivity contribution in [1.82, 2.24) is 15.0 Å². The number of aromatic nitrogens is 3. The van der Waals surface area contributed by atoms with Gasteiger partial charge in [-0.25, -0.2) is 4.68 Å². The zero-order valence-corrected chi connectivity index (χ0v) is 6.86. The van der Waals surface area contributed by atoms with Crippen molar-refractivity contribution in [1.29, 1.82) is 5.26 Å². The third-order valence-electron chi connectivity index (χ3n) is 1.62. The molecule has 12 heavy (non-hydrogen) atoms. The van der Waals surface area contributed by atoms with E-state index in [1.54, 1.807) is 11.6 Å². The van der Waals surface area contributed by atoms with Crippen LogP contribution < -0.4 is 0 Å². The van der Waals surface area contributed by atoms with E-state index in [1.165, 1.54) is 0 Å². The molecule has 1 N–H and O–H groups in total. The van der Waals surface area contributed by atoms with Gasteiger partial charge in [0.2, 0.25) is 0 Å². The fraction of sp³-hybridized carbons (Fsp3) is 0.571. The topological polar surface area (TPSA) is 74.7 Å². The Morgan fingerprint density at radius 1 is 1.67 bits per heavy atom. The van der Waals surface area contributed by atoms with Gasteiger partial charge in [-0.2, -0.15) is 5.26 Å². The molecule has 1 aromatic heterocycles. The maximum Gasteiger partial charge on any atom is 0.185 e. The fourth-order valence-corrected chi connectivity index (χ4v) is 0.897. The highest BCUT2D eigenvalue weighted by Gasteiger charge is 2.05. The number of hydrogen-bond donors (Lipinski definition) is 1. The number of nitriles is 1. The summed E-state index contributed by atoms with van der Waals surface area (Å²) in [5.41, 5.74) is 1.11. The summed E-state index contributed by atoms with van der Waals surface area (Å²) in [6, 6.07) is 1.94. The van der Waals surface area contributed by atoms with Gasteiger partial charge in [0.15, 0.2) is 5.69 Å². The molecular formula is C7H10N4O. The number of hydrogen-bond acceptors (Lipinski definition) is 4. The second kappa shape index (κ2) is 3.83. The Morgan fingerprint density at radius 3 is 2.92 bits per heavy atom. The molecule has 5 nitrogen and oxygen atoms in total. The lowest BCUT2D eigenvalue weighted by Crippen LogP contribution is -2.04. The van der Waals surface area contributed by atoms with Gasteiger partial charge in [0.25, 0.3) is 0 Å². The summed E-state index contributed by atoms with van der Waals surface area (Å²) >= 11 is 0. The van der Waals surface area contributed by atoms with Gasteiger partial charge in [-0.3, -0.25) is 0 Å². The van der Waals surface area contributed by atoms with E-state index < -0.39 is 0 Å². The van der Waals surface area contributed by atoms with Crippen molar-refractivity contribution in [2.75, 3.05) is 6.61 Å². The molecule has 1 aromatic rings. The predicted octanol–water partition coefficient (Wildman–Crippen LogP) is -0.159.